The first kappa shape index (κ1) is 75.0. The monoisotopic (exact) mass is 1560 g/mol. The van der Waals surface area contributed by atoms with Crippen molar-refractivity contribution in [2.75, 3.05) is 30.7 Å². The molecule has 37 nitrogen and oxygen atoms in total. The lowest BCUT2D eigenvalue weighted by atomic mass is 10.1. The summed E-state index contributed by atoms with van der Waals surface area (Å²) in [4.78, 5) is 29.4. The molecule has 0 bridgehead atoms. The second kappa shape index (κ2) is 25.5. The van der Waals surface area contributed by atoms with Gasteiger partial charge in [0.1, 0.15) is 19.6 Å². The molecule has 8 aromatic rings. The minimum absolute atomic E-state index is 0.0464. The molecular formula is C51H44N6O31S10. The van der Waals surface area contributed by atoms with Crippen molar-refractivity contribution in [2.45, 2.75) is 76.6 Å². The van der Waals surface area contributed by atoms with Gasteiger partial charge in [-0.05, 0) is 158 Å². The van der Waals surface area contributed by atoms with Gasteiger partial charge in [0.15, 0.2) is 0 Å². The van der Waals surface area contributed by atoms with Crippen LogP contribution in [-0.4, -0.2) is 138 Å². The number of anilines is 6. The SMILES string of the molecule is Cc1cc(C)c(S(=O)(=O)Nc2cc(S(=O)(=O)O)cc3cc(S(=O)(=O)O)cc(S(=O)(=O)O)c23)cc1NC(=O)c1ccc(NC(=O)Nc2ccc(C(=O)Nc3cc(S(=O)(=O)Nc4cc(S(=O)(=O)O)cc5cc(S(=O)(=O)O)cc(S(=O)(=O)O)c45)c(C)cc3C)c(S(=O)(=O)O)c2)cc1S(=O)(=O)O. The van der Waals surface area contributed by atoms with E-state index >= 15 is 0 Å². The summed E-state index contributed by atoms with van der Waals surface area (Å²) in [7, 11) is -53.9. The Labute approximate surface area is 555 Å². The molecule has 0 aliphatic rings. The quantitative estimate of drug-likeness (QED) is 0.0449. The molecule has 0 fully saturated rings. The Hall–Kier alpha value is -8.73. The predicted molar refractivity (Wildman–Crippen MR) is 341 cm³/mol. The maximum absolute atomic E-state index is 14.2. The Bertz CT molecular complexity index is 5750. The second-order valence-electron chi connectivity index (χ2n) is 20.8. The fourth-order valence-corrected chi connectivity index (χ4v) is 17.5. The highest BCUT2D eigenvalue weighted by Crippen LogP contribution is 2.40. The summed E-state index contributed by atoms with van der Waals surface area (Å²) in [6.07, 6.45) is 0. The number of hydrogen-bond acceptors (Lipinski definition) is 23. The fourth-order valence-electron chi connectivity index (χ4n) is 9.60. The number of sulfonamides is 2. The van der Waals surface area contributed by atoms with E-state index in [4.69, 9.17) is 0 Å². The van der Waals surface area contributed by atoms with Gasteiger partial charge >= 0.3 is 6.03 Å². The Balaban J connectivity index is 1.04. The maximum atomic E-state index is 14.2. The molecule has 8 aromatic carbocycles. The largest absolute Gasteiger partial charge is 0.323 e. The number of urea groups is 1. The van der Waals surface area contributed by atoms with Gasteiger partial charge in [0.2, 0.25) is 0 Å². The highest BCUT2D eigenvalue weighted by atomic mass is 32.3. The molecule has 0 saturated heterocycles. The van der Waals surface area contributed by atoms with Gasteiger partial charge in [-0.15, -0.1) is 0 Å². The Morgan fingerprint density at radius 3 is 0.847 bits per heavy atom. The van der Waals surface area contributed by atoms with Crippen LogP contribution >= 0.6 is 0 Å². The zero-order valence-corrected chi connectivity index (χ0v) is 57.1. The number of carbonyl (C=O) groups is 3. The van der Waals surface area contributed by atoms with Gasteiger partial charge in [0, 0.05) is 33.5 Å². The molecule has 0 radical (unpaired) electrons. The van der Waals surface area contributed by atoms with E-state index in [0.29, 0.717) is 48.5 Å². The molecule has 0 spiro atoms. The molecule has 0 atom stereocenters. The number of benzene rings is 8. The summed E-state index contributed by atoms with van der Waals surface area (Å²) in [5.74, 6) is -2.81. The molecule has 98 heavy (non-hydrogen) atoms. The van der Waals surface area contributed by atoms with E-state index < -0.39 is 235 Å². The molecule has 14 N–H and O–H groups in total. The Morgan fingerprint density at radius 1 is 0.286 bits per heavy atom. The first-order valence-corrected chi connectivity index (χ1v) is 40.2. The third-order valence-electron chi connectivity index (χ3n) is 13.8. The summed E-state index contributed by atoms with van der Waals surface area (Å²) >= 11 is 0. The molecule has 0 unspecified atom stereocenters. The Morgan fingerprint density at radius 2 is 0.571 bits per heavy atom. The van der Waals surface area contributed by atoms with Crippen molar-refractivity contribution in [2.24, 2.45) is 0 Å². The van der Waals surface area contributed by atoms with Crippen LogP contribution in [0.25, 0.3) is 21.5 Å². The molecule has 0 aromatic heterocycles. The van der Waals surface area contributed by atoms with Crippen LogP contribution in [0.15, 0.2) is 158 Å². The molecule has 4 amide bonds. The van der Waals surface area contributed by atoms with Crippen molar-refractivity contribution in [1.82, 2.24) is 0 Å². The van der Waals surface area contributed by atoms with Crippen molar-refractivity contribution in [3.8, 4) is 0 Å². The van der Waals surface area contributed by atoms with Crippen molar-refractivity contribution in [3.63, 3.8) is 0 Å². The van der Waals surface area contributed by atoms with Gasteiger partial charge in [-0.25, -0.2) is 21.6 Å². The molecule has 0 heterocycles. The van der Waals surface area contributed by atoms with Gasteiger partial charge in [-0.3, -0.25) is 55.5 Å². The van der Waals surface area contributed by atoms with Crippen LogP contribution < -0.4 is 30.7 Å². The number of carbonyl (C=O) groups excluding carboxylic acids is 3. The van der Waals surface area contributed by atoms with Crippen molar-refractivity contribution in [1.29, 1.82) is 0 Å². The second-order valence-corrected chi connectivity index (χ2v) is 35.3. The molecule has 0 aliphatic carbocycles. The molecule has 0 aliphatic heterocycles. The highest BCUT2D eigenvalue weighted by Gasteiger charge is 2.32. The average molecular weight is 1560 g/mol. The zero-order chi connectivity index (χ0) is 73.7. The number of amides is 4. The molecular weight excluding hydrogens is 1510 g/mol. The van der Waals surface area contributed by atoms with Crippen molar-refractivity contribution >= 4 is 175 Å². The third-order valence-corrected chi connectivity index (χ3v) is 23.7. The van der Waals surface area contributed by atoms with E-state index in [1.54, 1.807) is 0 Å². The predicted octanol–water partition coefficient (Wildman–Crippen LogP) is 4.95. The van der Waals surface area contributed by atoms with Gasteiger partial charge in [-0.2, -0.15) is 67.3 Å². The molecule has 47 heteroatoms. The molecule has 8 rings (SSSR count). The van der Waals surface area contributed by atoms with Crippen LogP contribution in [-0.2, 0) is 101 Å². The van der Waals surface area contributed by atoms with Gasteiger partial charge in [-0.1, -0.05) is 12.1 Å². The van der Waals surface area contributed by atoms with E-state index in [2.05, 4.69) is 21.3 Å². The van der Waals surface area contributed by atoms with Crippen LogP contribution in [0.3, 0.4) is 0 Å². The first-order valence-electron chi connectivity index (χ1n) is 25.8. The highest BCUT2D eigenvalue weighted by molar-refractivity contribution is 7.93. The minimum Gasteiger partial charge on any atom is -0.322 e. The lowest BCUT2D eigenvalue weighted by Gasteiger charge is -2.18. The summed E-state index contributed by atoms with van der Waals surface area (Å²) in [5.41, 5.74) is -6.03. The molecule has 524 valence electrons. The van der Waals surface area contributed by atoms with Crippen LogP contribution in [0.1, 0.15) is 43.0 Å². The van der Waals surface area contributed by atoms with Crippen LogP contribution in [0, 0.1) is 27.7 Å². The van der Waals surface area contributed by atoms with Crippen LogP contribution in [0.5, 0.6) is 0 Å². The van der Waals surface area contributed by atoms with Crippen molar-refractivity contribution in [3.05, 3.63) is 143 Å². The summed E-state index contributed by atoms with van der Waals surface area (Å²) in [5, 5.41) is 5.29. The first-order chi connectivity index (χ1) is 44.4. The van der Waals surface area contributed by atoms with Crippen LogP contribution in [0.2, 0.25) is 0 Å². The van der Waals surface area contributed by atoms with Gasteiger partial charge < -0.3 is 21.3 Å². The van der Waals surface area contributed by atoms with Crippen molar-refractivity contribution < 1.29 is 135 Å². The van der Waals surface area contributed by atoms with Crippen LogP contribution in [0.4, 0.5) is 38.9 Å². The molecule has 0 saturated carbocycles. The normalized spacial score (nSPS) is 13.0. The topological polar surface area (TPSA) is 627 Å². The lowest BCUT2D eigenvalue weighted by Crippen LogP contribution is -2.22. The Kier molecular flexibility index (Phi) is 19.6. The lowest BCUT2D eigenvalue weighted by molar-refractivity contribution is 0.101. The number of rotatable bonds is 20. The standard InChI is InChI=1S/C51H44N6O31S10/c1-23-9-25(3)41(89(61,62)56-39-17-31(91(65,66)67)11-27-13-33(93(71,72)73)19-45(47(27)39)97(83,84)85)21-37(23)54-49(58)35-7-5-29(15-43(35)95(77,78)79)52-51(60)53-30-6-8-36(44(16-30)96(80,81)82)50(59)55-38-22-42(26(4)10-24(38)2)90(63,64)57-40-18-32(92(68,69)70)12-28-14-34(94(74,75)76)20-46(48(28)40)98(86,87)88/h5-22,56-57H,1-4H3,(H,54,58)(H,55,59)(H2,52,53,60)(H,65,66,67)(H,68,69,70)(H,71,72,73)(H,74,75,76)(H,77,78,79)(H,80,81,82)(H,83,84,85)(H,86,87,88). The summed E-state index contributed by atoms with van der Waals surface area (Å²) in [6.45, 7) is 4.99. The smallest absolute Gasteiger partial charge is 0.322 e. The maximum Gasteiger partial charge on any atom is 0.323 e. The van der Waals surface area contributed by atoms with E-state index in [1.165, 1.54) is 27.7 Å². The number of hydrogen-bond donors (Lipinski definition) is 14. The average Bonchev–Trinajstić information content (AvgIpc) is 0.747. The zero-order valence-electron chi connectivity index (χ0n) is 48.9. The summed E-state index contributed by atoms with van der Waals surface area (Å²) < 4.78 is 339. The number of nitrogens with one attached hydrogen (secondary N) is 6. The van der Waals surface area contributed by atoms with E-state index in [-0.39, 0.29) is 34.4 Å². The van der Waals surface area contributed by atoms with Gasteiger partial charge in [0.25, 0.3) is 113 Å². The van der Waals surface area contributed by atoms with E-state index in [0.717, 1.165) is 48.5 Å². The number of fused-ring (bicyclic) bond motifs is 2. The fraction of sp³-hybridized carbons (Fsp3) is 0.0784. The number of aryl methyl sites for hydroxylation is 4. The minimum atomic E-state index is -5.58. The van der Waals surface area contributed by atoms with E-state index in [1.807, 2.05) is 9.44 Å². The van der Waals surface area contributed by atoms with Gasteiger partial charge in [0.05, 0.1) is 51.9 Å². The third kappa shape index (κ3) is 16.4. The van der Waals surface area contributed by atoms with E-state index in [9.17, 15) is 135 Å². The summed E-state index contributed by atoms with van der Waals surface area (Å²) in [6, 6.07) is 9.72.